The van der Waals surface area contributed by atoms with E-state index in [1.165, 1.54) is 12.1 Å². The average molecular weight is 399 g/mol. The van der Waals surface area contributed by atoms with Crippen LogP contribution >= 0.6 is 11.3 Å². The van der Waals surface area contributed by atoms with E-state index in [-0.39, 0.29) is 17.1 Å². The predicted molar refractivity (Wildman–Crippen MR) is 109 cm³/mol. The van der Waals surface area contributed by atoms with Crippen molar-refractivity contribution in [2.75, 3.05) is 19.8 Å². The molecule has 1 aliphatic rings. The lowest BCUT2D eigenvalue weighted by Gasteiger charge is -2.38. The molecule has 0 unspecified atom stereocenters. The van der Waals surface area contributed by atoms with Gasteiger partial charge in [0.25, 0.3) is 0 Å². The van der Waals surface area contributed by atoms with E-state index in [1.807, 2.05) is 36.4 Å². The van der Waals surface area contributed by atoms with E-state index < -0.39 is 0 Å². The van der Waals surface area contributed by atoms with Crippen LogP contribution in [0.4, 0.5) is 4.39 Å². The van der Waals surface area contributed by atoms with E-state index >= 15 is 0 Å². The zero-order chi connectivity index (χ0) is 19.4. The largest absolute Gasteiger partial charge is 0.381 e. The summed E-state index contributed by atoms with van der Waals surface area (Å²) < 4.78 is 20.0. The van der Waals surface area contributed by atoms with E-state index in [9.17, 15) is 9.18 Å². The fourth-order valence-electron chi connectivity index (χ4n) is 3.74. The maximum Gasteiger partial charge on any atom is 0.220 e. The Labute approximate surface area is 167 Å². The number of amides is 1. The normalized spacial score (nSPS) is 16.2. The Balaban J connectivity index is 1.38. The van der Waals surface area contributed by atoms with Gasteiger partial charge in [-0.2, -0.15) is 0 Å². The van der Waals surface area contributed by atoms with Crippen molar-refractivity contribution in [2.45, 2.75) is 31.1 Å². The van der Waals surface area contributed by atoms with E-state index in [0.29, 0.717) is 32.6 Å². The van der Waals surface area contributed by atoms with Crippen molar-refractivity contribution in [3.8, 4) is 0 Å². The summed E-state index contributed by atoms with van der Waals surface area (Å²) in [6, 6.07) is 14.6. The summed E-state index contributed by atoms with van der Waals surface area (Å²) in [6.07, 6.45) is 2.68. The van der Waals surface area contributed by atoms with E-state index in [1.54, 1.807) is 11.3 Å². The standard InChI is InChI=1S/C22H23FN2O2S/c23-17-7-5-16(6-8-17)22(11-13-27-14-12-22)15-24-20(26)9-10-21-25-18-3-1-2-4-19(18)28-21/h1-8H,9-15H2,(H,24,26). The topological polar surface area (TPSA) is 51.2 Å². The lowest BCUT2D eigenvalue weighted by Crippen LogP contribution is -2.44. The number of carbonyl (C=O) groups excluding carboxylic acids is 1. The van der Waals surface area contributed by atoms with Crippen molar-refractivity contribution in [3.63, 3.8) is 0 Å². The summed E-state index contributed by atoms with van der Waals surface area (Å²) in [4.78, 5) is 17.1. The number of halogens is 1. The Morgan fingerprint density at radius 1 is 1.14 bits per heavy atom. The number of aromatic nitrogens is 1. The fraction of sp³-hybridized carbons (Fsp3) is 0.364. The number of nitrogens with zero attached hydrogens (tertiary/aromatic N) is 1. The maximum atomic E-state index is 13.3. The first-order chi connectivity index (χ1) is 13.6. The second-order valence-electron chi connectivity index (χ2n) is 7.25. The van der Waals surface area contributed by atoms with E-state index in [4.69, 9.17) is 4.74 Å². The first-order valence-electron chi connectivity index (χ1n) is 9.60. The summed E-state index contributed by atoms with van der Waals surface area (Å²) in [6.45, 7) is 1.85. The highest BCUT2D eigenvalue weighted by Crippen LogP contribution is 2.34. The van der Waals surface area contributed by atoms with Gasteiger partial charge < -0.3 is 10.1 Å². The molecule has 0 saturated carbocycles. The van der Waals surface area contributed by atoms with Crippen LogP contribution in [0.1, 0.15) is 29.8 Å². The third-order valence-corrected chi connectivity index (χ3v) is 6.53. The quantitative estimate of drug-likeness (QED) is 0.676. The number of fused-ring (bicyclic) bond motifs is 1. The van der Waals surface area contributed by atoms with Gasteiger partial charge in [-0.1, -0.05) is 24.3 Å². The molecule has 2 heterocycles. The van der Waals surface area contributed by atoms with Crippen molar-refractivity contribution < 1.29 is 13.9 Å². The number of rotatable bonds is 6. The van der Waals surface area contributed by atoms with Crippen LogP contribution in [0.3, 0.4) is 0 Å². The molecule has 0 atom stereocenters. The highest BCUT2D eigenvalue weighted by atomic mass is 32.1. The Morgan fingerprint density at radius 3 is 2.64 bits per heavy atom. The lowest BCUT2D eigenvalue weighted by atomic mass is 9.74. The van der Waals surface area contributed by atoms with Crippen molar-refractivity contribution >= 4 is 27.5 Å². The van der Waals surface area contributed by atoms with Gasteiger partial charge in [0.2, 0.25) is 5.91 Å². The number of ether oxygens (including phenoxy) is 1. The minimum absolute atomic E-state index is 0.0206. The number of nitrogens with one attached hydrogen (secondary N) is 1. The Kier molecular flexibility index (Phi) is 5.69. The summed E-state index contributed by atoms with van der Waals surface area (Å²) in [7, 11) is 0. The van der Waals surface area contributed by atoms with Gasteiger partial charge in [-0.15, -0.1) is 11.3 Å². The van der Waals surface area contributed by atoms with Gasteiger partial charge in [-0.3, -0.25) is 4.79 Å². The maximum absolute atomic E-state index is 13.3. The highest BCUT2D eigenvalue weighted by Gasteiger charge is 2.34. The molecule has 1 aromatic heterocycles. The zero-order valence-corrected chi connectivity index (χ0v) is 16.4. The summed E-state index contributed by atoms with van der Waals surface area (Å²) in [5.41, 5.74) is 1.85. The second kappa shape index (κ2) is 8.37. The van der Waals surface area contributed by atoms with Crippen molar-refractivity contribution in [2.24, 2.45) is 0 Å². The summed E-state index contributed by atoms with van der Waals surface area (Å²) in [5.74, 6) is -0.224. The summed E-state index contributed by atoms with van der Waals surface area (Å²) >= 11 is 1.64. The van der Waals surface area contributed by atoms with Crippen LogP contribution in [0.25, 0.3) is 10.2 Å². The second-order valence-corrected chi connectivity index (χ2v) is 8.37. The molecular weight excluding hydrogens is 375 g/mol. The Morgan fingerprint density at radius 2 is 1.89 bits per heavy atom. The van der Waals surface area contributed by atoms with Gasteiger partial charge in [-0.25, -0.2) is 9.37 Å². The van der Waals surface area contributed by atoms with E-state index in [0.717, 1.165) is 33.6 Å². The number of para-hydroxylation sites is 1. The molecule has 0 radical (unpaired) electrons. The molecule has 1 N–H and O–H groups in total. The van der Waals surface area contributed by atoms with Crippen LogP contribution in [-0.2, 0) is 21.4 Å². The molecule has 3 aromatic rings. The molecule has 0 bridgehead atoms. The number of thiazole rings is 1. The molecule has 1 amide bonds. The Hall–Kier alpha value is -2.31. The molecule has 1 saturated heterocycles. The smallest absolute Gasteiger partial charge is 0.220 e. The molecule has 1 fully saturated rings. The average Bonchev–Trinajstić information content (AvgIpc) is 3.15. The lowest BCUT2D eigenvalue weighted by molar-refractivity contribution is -0.121. The first kappa shape index (κ1) is 19.0. The van der Waals surface area contributed by atoms with E-state index in [2.05, 4.69) is 10.3 Å². The SMILES string of the molecule is O=C(CCc1nc2ccccc2s1)NCC1(c2ccc(F)cc2)CCOCC1. The molecule has 1 aliphatic heterocycles. The van der Waals surface area contributed by atoms with Crippen molar-refractivity contribution in [1.82, 2.24) is 10.3 Å². The van der Waals surface area contributed by atoms with Crippen LogP contribution in [0.2, 0.25) is 0 Å². The molecule has 28 heavy (non-hydrogen) atoms. The molecule has 4 nitrogen and oxygen atoms in total. The minimum Gasteiger partial charge on any atom is -0.381 e. The first-order valence-corrected chi connectivity index (χ1v) is 10.4. The highest BCUT2D eigenvalue weighted by molar-refractivity contribution is 7.18. The number of carbonyl (C=O) groups is 1. The number of hydrogen-bond donors (Lipinski definition) is 1. The number of hydrogen-bond acceptors (Lipinski definition) is 4. The zero-order valence-electron chi connectivity index (χ0n) is 15.6. The molecule has 4 rings (SSSR count). The Bertz CT molecular complexity index is 916. The fourth-order valence-corrected chi connectivity index (χ4v) is 4.70. The summed E-state index contributed by atoms with van der Waals surface area (Å²) in [5, 5.41) is 4.08. The molecule has 146 valence electrons. The van der Waals surface area contributed by atoms with Crippen LogP contribution in [0.15, 0.2) is 48.5 Å². The minimum atomic E-state index is -0.245. The van der Waals surface area contributed by atoms with Gasteiger partial charge >= 0.3 is 0 Å². The number of benzene rings is 2. The molecule has 2 aromatic carbocycles. The van der Waals surface area contributed by atoms with Crippen molar-refractivity contribution in [3.05, 3.63) is 64.9 Å². The third-order valence-electron chi connectivity index (χ3n) is 5.43. The van der Waals surface area contributed by atoms with Crippen LogP contribution in [-0.4, -0.2) is 30.6 Å². The van der Waals surface area contributed by atoms with Gasteiger partial charge in [0.15, 0.2) is 0 Å². The molecule has 0 spiro atoms. The van der Waals surface area contributed by atoms with Gasteiger partial charge in [0.1, 0.15) is 5.82 Å². The molecular formula is C22H23FN2O2S. The van der Waals surface area contributed by atoms with Gasteiger partial charge in [0.05, 0.1) is 15.2 Å². The van der Waals surface area contributed by atoms with Gasteiger partial charge in [-0.05, 0) is 42.7 Å². The van der Waals surface area contributed by atoms with Crippen LogP contribution in [0, 0.1) is 5.82 Å². The van der Waals surface area contributed by atoms with Gasteiger partial charge in [0, 0.05) is 38.0 Å². The van der Waals surface area contributed by atoms with Crippen molar-refractivity contribution in [1.29, 1.82) is 0 Å². The number of aryl methyl sites for hydroxylation is 1. The van der Waals surface area contributed by atoms with Crippen LogP contribution in [0.5, 0.6) is 0 Å². The monoisotopic (exact) mass is 398 g/mol. The van der Waals surface area contributed by atoms with Crippen LogP contribution < -0.4 is 5.32 Å². The third kappa shape index (κ3) is 4.23. The molecule has 6 heteroatoms. The predicted octanol–water partition coefficient (Wildman–Crippen LogP) is 4.23. The molecule has 0 aliphatic carbocycles.